The number of aromatic nitrogens is 2. The highest BCUT2D eigenvalue weighted by atomic mass is 16.3. The van der Waals surface area contributed by atoms with Gasteiger partial charge in [0, 0.05) is 5.56 Å². The van der Waals surface area contributed by atoms with Gasteiger partial charge in [0.15, 0.2) is 0 Å². The average molecular weight is 253 g/mol. The third-order valence-corrected chi connectivity index (χ3v) is 2.87. The fourth-order valence-electron chi connectivity index (χ4n) is 1.99. The fourth-order valence-corrected chi connectivity index (χ4v) is 1.99. The zero-order valence-corrected chi connectivity index (χ0v) is 10.3. The van der Waals surface area contributed by atoms with Crippen LogP contribution >= 0.6 is 0 Å². The second-order valence-electron chi connectivity index (χ2n) is 4.23. The van der Waals surface area contributed by atoms with Crippen LogP contribution in [0.5, 0.6) is 0 Å². The second-order valence-corrected chi connectivity index (χ2v) is 4.23. The van der Waals surface area contributed by atoms with Crippen molar-refractivity contribution in [3.63, 3.8) is 0 Å². The number of aryl methyl sites for hydroxylation is 1. The number of benzene rings is 1. The van der Waals surface area contributed by atoms with Crippen LogP contribution in [0.15, 0.2) is 45.6 Å². The lowest BCUT2D eigenvalue weighted by Gasteiger charge is -2.09. The van der Waals surface area contributed by atoms with E-state index in [0.29, 0.717) is 11.3 Å². The molecular formula is C14H11N3O2. The van der Waals surface area contributed by atoms with Crippen LogP contribution in [0, 0.1) is 6.92 Å². The fraction of sp³-hybridized carbons (Fsp3) is 0.0714. The molecule has 19 heavy (non-hydrogen) atoms. The van der Waals surface area contributed by atoms with Gasteiger partial charge < -0.3 is 10.2 Å². The summed E-state index contributed by atoms with van der Waals surface area (Å²) < 4.78 is 5.66. The van der Waals surface area contributed by atoms with E-state index in [9.17, 15) is 4.79 Å². The van der Waals surface area contributed by atoms with Gasteiger partial charge in [0.25, 0.3) is 5.56 Å². The molecular weight excluding hydrogens is 242 g/mol. The van der Waals surface area contributed by atoms with Gasteiger partial charge in [-0.05, 0) is 18.6 Å². The predicted molar refractivity (Wildman–Crippen MR) is 71.8 cm³/mol. The lowest BCUT2D eigenvalue weighted by atomic mass is 10.1. The summed E-state index contributed by atoms with van der Waals surface area (Å²) in [5, 5.41) is 0. The van der Waals surface area contributed by atoms with Crippen molar-refractivity contribution in [3.05, 3.63) is 52.3 Å². The summed E-state index contributed by atoms with van der Waals surface area (Å²) in [6, 6.07) is 11.4. The van der Waals surface area contributed by atoms with E-state index in [2.05, 4.69) is 9.97 Å². The van der Waals surface area contributed by atoms with Gasteiger partial charge in [-0.2, -0.15) is 9.97 Å². The minimum Gasteiger partial charge on any atom is -0.437 e. The van der Waals surface area contributed by atoms with Crippen molar-refractivity contribution in [2.24, 2.45) is 0 Å². The summed E-state index contributed by atoms with van der Waals surface area (Å²) >= 11 is 0. The van der Waals surface area contributed by atoms with Gasteiger partial charge in [0.05, 0.1) is 0 Å². The van der Waals surface area contributed by atoms with Crippen LogP contribution in [0.1, 0.15) is 5.56 Å². The molecule has 2 aliphatic rings. The summed E-state index contributed by atoms with van der Waals surface area (Å²) in [6.45, 7) is 1.82. The van der Waals surface area contributed by atoms with E-state index in [1.165, 1.54) is 0 Å². The van der Waals surface area contributed by atoms with Gasteiger partial charge in [-0.3, -0.25) is 4.79 Å². The quantitative estimate of drug-likeness (QED) is 0.718. The van der Waals surface area contributed by atoms with Crippen molar-refractivity contribution in [2.45, 2.75) is 6.92 Å². The van der Waals surface area contributed by atoms with Crippen molar-refractivity contribution in [1.29, 1.82) is 0 Å². The van der Waals surface area contributed by atoms with Gasteiger partial charge in [-0.15, -0.1) is 0 Å². The Labute approximate surface area is 109 Å². The second kappa shape index (κ2) is 4.20. The molecule has 0 amide bonds. The molecule has 0 unspecified atom stereocenters. The Morgan fingerprint density at radius 2 is 1.89 bits per heavy atom. The van der Waals surface area contributed by atoms with Gasteiger partial charge in [0.2, 0.25) is 11.8 Å². The Morgan fingerprint density at radius 3 is 2.63 bits per heavy atom. The number of nitrogens with zero attached hydrogens (tertiary/aromatic N) is 2. The van der Waals surface area contributed by atoms with E-state index >= 15 is 0 Å². The average Bonchev–Trinajstić information content (AvgIpc) is 2.38. The van der Waals surface area contributed by atoms with Crippen LogP contribution in [-0.2, 0) is 0 Å². The Kier molecular flexibility index (Phi) is 2.52. The van der Waals surface area contributed by atoms with E-state index in [1.54, 1.807) is 6.07 Å². The monoisotopic (exact) mass is 253 g/mol. The summed E-state index contributed by atoms with van der Waals surface area (Å²) in [7, 11) is 0. The van der Waals surface area contributed by atoms with Crippen LogP contribution in [0.2, 0.25) is 0 Å². The first kappa shape index (κ1) is 11.4. The third kappa shape index (κ3) is 1.95. The van der Waals surface area contributed by atoms with Crippen LogP contribution in [0.3, 0.4) is 0 Å². The summed E-state index contributed by atoms with van der Waals surface area (Å²) in [5.74, 6) is 0.783. The number of hydrogen-bond acceptors (Lipinski definition) is 5. The minimum atomic E-state index is -0.414. The van der Waals surface area contributed by atoms with Gasteiger partial charge in [-0.1, -0.05) is 30.3 Å². The summed E-state index contributed by atoms with van der Waals surface area (Å²) in [5.41, 5.74) is 7.12. The molecule has 5 heteroatoms. The Bertz CT molecular complexity index is 766. The van der Waals surface area contributed by atoms with E-state index in [1.807, 2.05) is 37.3 Å². The van der Waals surface area contributed by atoms with Crippen LogP contribution in [0.4, 0.5) is 5.95 Å². The topological polar surface area (TPSA) is 82.0 Å². The maximum absolute atomic E-state index is 11.8. The van der Waals surface area contributed by atoms with Crippen molar-refractivity contribution in [3.8, 4) is 22.8 Å². The summed E-state index contributed by atoms with van der Waals surface area (Å²) in [6.07, 6.45) is 0. The SMILES string of the molecule is Cc1cc(-c2ccccc2)oc2nc(N)nc(=O)c1-2. The molecule has 1 aromatic carbocycles. The Morgan fingerprint density at radius 1 is 1.16 bits per heavy atom. The van der Waals surface area contributed by atoms with E-state index in [0.717, 1.165) is 11.1 Å². The smallest absolute Gasteiger partial charge is 0.286 e. The van der Waals surface area contributed by atoms with Crippen molar-refractivity contribution in [2.75, 3.05) is 5.73 Å². The molecule has 0 aliphatic carbocycles. The van der Waals surface area contributed by atoms with E-state index in [-0.39, 0.29) is 11.8 Å². The molecule has 2 aliphatic heterocycles. The highest BCUT2D eigenvalue weighted by Gasteiger charge is 2.17. The number of nitrogen functional groups attached to an aromatic ring is 1. The molecule has 94 valence electrons. The molecule has 0 atom stereocenters. The standard InChI is InChI=1S/C14H11N3O2/c1-8-7-10(9-5-3-2-4-6-9)19-13-11(8)12(18)16-14(15)17-13/h2-7H,1H3,(H2,15,16,18). The normalized spacial score (nSPS) is 10.8. The zero-order valence-electron chi connectivity index (χ0n) is 10.3. The van der Waals surface area contributed by atoms with Crippen molar-refractivity contribution < 1.29 is 4.42 Å². The lowest BCUT2D eigenvalue weighted by Crippen LogP contribution is -2.16. The van der Waals surface area contributed by atoms with Gasteiger partial charge in [-0.25, -0.2) is 0 Å². The van der Waals surface area contributed by atoms with Crippen molar-refractivity contribution >= 4 is 5.95 Å². The van der Waals surface area contributed by atoms with Gasteiger partial charge >= 0.3 is 0 Å². The first-order valence-electron chi connectivity index (χ1n) is 5.78. The number of hydrogen-bond donors (Lipinski definition) is 1. The zero-order chi connectivity index (χ0) is 13.4. The van der Waals surface area contributed by atoms with Crippen LogP contribution in [-0.4, -0.2) is 9.97 Å². The largest absolute Gasteiger partial charge is 0.437 e. The van der Waals surface area contributed by atoms with Crippen LogP contribution < -0.4 is 11.3 Å². The Hall–Kier alpha value is -2.69. The van der Waals surface area contributed by atoms with Gasteiger partial charge in [0.1, 0.15) is 11.3 Å². The van der Waals surface area contributed by atoms with E-state index < -0.39 is 5.56 Å². The molecule has 5 nitrogen and oxygen atoms in total. The third-order valence-electron chi connectivity index (χ3n) is 2.87. The molecule has 3 rings (SSSR count). The minimum absolute atomic E-state index is 0.0779. The highest BCUT2D eigenvalue weighted by Crippen LogP contribution is 2.28. The molecule has 0 bridgehead atoms. The molecule has 2 heterocycles. The maximum atomic E-state index is 11.8. The van der Waals surface area contributed by atoms with Crippen LogP contribution in [0.25, 0.3) is 22.8 Å². The first-order valence-corrected chi connectivity index (χ1v) is 5.78. The highest BCUT2D eigenvalue weighted by molar-refractivity contribution is 5.66. The number of rotatable bonds is 1. The molecule has 0 radical (unpaired) electrons. The first-order chi connectivity index (χ1) is 9.15. The Balaban J connectivity index is 2.31. The van der Waals surface area contributed by atoms with Crippen molar-refractivity contribution in [1.82, 2.24) is 9.97 Å². The summed E-state index contributed by atoms with van der Waals surface area (Å²) in [4.78, 5) is 19.4. The number of anilines is 1. The predicted octanol–water partition coefficient (Wildman–Crippen LogP) is 2.09. The number of nitrogens with two attached hydrogens (primary N) is 1. The maximum Gasteiger partial charge on any atom is 0.286 e. The molecule has 0 aromatic heterocycles. The molecule has 0 saturated carbocycles. The van der Waals surface area contributed by atoms with E-state index in [4.69, 9.17) is 10.2 Å². The molecule has 0 fully saturated rings. The molecule has 2 N–H and O–H groups in total. The number of fused-ring (bicyclic) bond motifs is 1. The molecule has 0 spiro atoms. The lowest BCUT2D eigenvalue weighted by molar-refractivity contribution is 0.559. The molecule has 0 saturated heterocycles. The molecule has 1 aromatic rings.